The average molecular weight is 533 g/mol. The zero-order chi connectivity index (χ0) is 26.0. The number of aromatic nitrogens is 1. The highest BCUT2D eigenvalue weighted by atomic mass is 32.1. The number of alkyl halides is 3. The molecule has 2 fully saturated rings. The number of benzene rings is 2. The van der Waals surface area contributed by atoms with Crippen LogP contribution in [-0.4, -0.2) is 35.9 Å². The lowest BCUT2D eigenvalue weighted by Crippen LogP contribution is -2.47. The second kappa shape index (κ2) is 10.7. The van der Waals surface area contributed by atoms with E-state index in [1.165, 1.54) is 23.8 Å². The van der Waals surface area contributed by atoms with Crippen LogP contribution in [0.2, 0.25) is 0 Å². The van der Waals surface area contributed by atoms with Gasteiger partial charge in [-0.25, -0.2) is 4.98 Å². The number of amides is 1. The molecule has 2 aliphatic rings. The van der Waals surface area contributed by atoms with Crippen LogP contribution in [-0.2, 0) is 16.0 Å². The number of halogens is 3. The van der Waals surface area contributed by atoms with Crippen LogP contribution in [0.15, 0.2) is 36.4 Å². The lowest BCUT2D eigenvalue weighted by molar-refractivity contribution is -0.274. The van der Waals surface area contributed by atoms with E-state index in [0.29, 0.717) is 47.4 Å². The Kier molecular flexibility index (Phi) is 7.37. The molecule has 1 aromatic heterocycles. The molecule has 6 nitrogen and oxygen atoms in total. The number of carbonyl (C=O) groups is 2. The fourth-order valence-corrected chi connectivity index (χ4v) is 6.30. The van der Waals surface area contributed by atoms with Crippen molar-refractivity contribution in [3.8, 4) is 16.2 Å². The monoisotopic (exact) mass is 532 g/mol. The van der Waals surface area contributed by atoms with Gasteiger partial charge in [0.15, 0.2) is 5.01 Å². The molecule has 0 atom stereocenters. The second-order valence-corrected chi connectivity index (χ2v) is 10.7. The van der Waals surface area contributed by atoms with Crippen LogP contribution in [0.4, 0.5) is 13.2 Å². The summed E-state index contributed by atoms with van der Waals surface area (Å²) in [5.41, 5.74) is 1.53. The molecule has 1 amide bonds. The number of carbonyl (C=O) groups excluding carboxylic acids is 2. The van der Waals surface area contributed by atoms with Gasteiger partial charge < -0.3 is 14.8 Å². The Balaban J connectivity index is 1.48. The van der Waals surface area contributed by atoms with Gasteiger partial charge in [0.1, 0.15) is 11.9 Å². The van der Waals surface area contributed by atoms with E-state index < -0.39 is 6.36 Å². The van der Waals surface area contributed by atoms with Crippen LogP contribution in [0.5, 0.6) is 5.75 Å². The van der Waals surface area contributed by atoms with Gasteiger partial charge in [0.2, 0.25) is 0 Å². The average Bonchev–Trinajstić information content (AvgIpc) is 3.26. The molecule has 0 aliphatic heterocycles. The summed E-state index contributed by atoms with van der Waals surface area (Å²) in [5, 5.41) is 4.23. The minimum absolute atomic E-state index is 0.0915. The standard InChI is InChI=1S/C27H27F3N2O4S/c28-27(29,30)36-23-11-10-21(19-8-4-5-9-20(19)23)24-22(12-16-6-2-1-3-7-16)32-26(37-24)25(34)31-17-13-18(14-17)35-15-33/h4-5,8-11,15-18H,1-3,6-7,12-14H2,(H,31,34)/t17-,18-. The maximum absolute atomic E-state index is 13.1. The molecule has 3 aromatic rings. The van der Waals surface area contributed by atoms with E-state index in [9.17, 15) is 22.8 Å². The molecular formula is C27H27F3N2O4S. The van der Waals surface area contributed by atoms with Crippen molar-refractivity contribution >= 4 is 34.5 Å². The molecule has 0 saturated heterocycles. The first-order chi connectivity index (χ1) is 17.8. The maximum atomic E-state index is 13.1. The van der Waals surface area contributed by atoms with Gasteiger partial charge in [-0.2, -0.15) is 0 Å². The Bertz CT molecular complexity index is 1280. The summed E-state index contributed by atoms with van der Waals surface area (Å²) in [6, 6.07) is 9.67. The van der Waals surface area contributed by atoms with Gasteiger partial charge in [0, 0.05) is 29.8 Å². The van der Waals surface area contributed by atoms with Crippen LogP contribution in [0.25, 0.3) is 21.2 Å². The van der Waals surface area contributed by atoms with E-state index in [1.807, 2.05) is 0 Å². The van der Waals surface area contributed by atoms with Gasteiger partial charge in [0.05, 0.1) is 10.6 Å². The molecule has 1 heterocycles. The van der Waals surface area contributed by atoms with Crippen molar-refractivity contribution in [2.24, 2.45) is 5.92 Å². The van der Waals surface area contributed by atoms with Gasteiger partial charge in [-0.05, 0) is 29.9 Å². The summed E-state index contributed by atoms with van der Waals surface area (Å²) in [6.07, 6.45) is 2.58. The molecule has 0 unspecified atom stereocenters. The number of thiazole rings is 1. The van der Waals surface area contributed by atoms with E-state index in [0.717, 1.165) is 41.8 Å². The SMILES string of the molecule is O=CO[C@H]1C[C@H](NC(=O)c2nc(CC3CCCCC3)c(-c3ccc(OC(F)(F)F)c4ccccc34)s2)C1. The first kappa shape index (κ1) is 25.5. The smallest absolute Gasteiger partial charge is 0.464 e. The third kappa shape index (κ3) is 5.89. The van der Waals surface area contributed by atoms with Crippen molar-refractivity contribution in [1.29, 1.82) is 0 Å². The quantitative estimate of drug-likeness (QED) is 0.339. The number of rotatable bonds is 8. The maximum Gasteiger partial charge on any atom is 0.573 e. The predicted molar refractivity (Wildman–Crippen MR) is 133 cm³/mol. The second-order valence-electron chi connectivity index (χ2n) is 9.70. The van der Waals surface area contributed by atoms with Gasteiger partial charge >= 0.3 is 6.36 Å². The molecule has 1 N–H and O–H groups in total. The van der Waals surface area contributed by atoms with Crippen molar-refractivity contribution in [3.05, 3.63) is 47.1 Å². The van der Waals surface area contributed by atoms with E-state index >= 15 is 0 Å². The van der Waals surface area contributed by atoms with Crippen LogP contribution in [0.1, 0.15) is 60.4 Å². The molecular weight excluding hydrogens is 505 g/mol. The molecule has 0 bridgehead atoms. The molecule has 0 radical (unpaired) electrons. The molecule has 2 aliphatic carbocycles. The first-order valence-electron chi connectivity index (χ1n) is 12.5. The van der Waals surface area contributed by atoms with Crippen molar-refractivity contribution in [1.82, 2.24) is 10.3 Å². The van der Waals surface area contributed by atoms with E-state index in [1.54, 1.807) is 30.3 Å². The fourth-order valence-electron chi connectivity index (χ4n) is 5.27. The normalized spacial score (nSPS) is 20.3. The zero-order valence-corrected chi connectivity index (χ0v) is 20.9. The molecule has 0 spiro atoms. The Morgan fingerprint density at radius 2 is 1.81 bits per heavy atom. The Hall–Kier alpha value is -3.14. The fraction of sp³-hybridized carbons (Fsp3) is 0.444. The third-order valence-corrected chi connectivity index (χ3v) is 8.26. The number of hydrogen-bond donors (Lipinski definition) is 1. The summed E-state index contributed by atoms with van der Waals surface area (Å²) in [7, 11) is 0. The van der Waals surface area contributed by atoms with Gasteiger partial charge in [-0.1, -0.05) is 56.4 Å². The minimum atomic E-state index is -4.80. The number of nitrogens with one attached hydrogen (secondary N) is 1. The van der Waals surface area contributed by atoms with Crippen molar-refractivity contribution in [2.75, 3.05) is 0 Å². The van der Waals surface area contributed by atoms with E-state index in [4.69, 9.17) is 9.72 Å². The van der Waals surface area contributed by atoms with Crippen LogP contribution in [0, 0.1) is 5.92 Å². The highest BCUT2D eigenvalue weighted by Gasteiger charge is 2.34. The number of ether oxygens (including phenoxy) is 2. The van der Waals surface area contributed by atoms with Gasteiger partial charge in [0.25, 0.3) is 12.4 Å². The van der Waals surface area contributed by atoms with Crippen LogP contribution >= 0.6 is 11.3 Å². The van der Waals surface area contributed by atoms with Gasteiger partial charge in [-0.15, -0.1) is 24.5 Å². The number of nitrogens with zero attached hydrogens (tertiary/aromatic N) is 1. The third-order valence-electron chi connectivity index (χ3n) is 7.13. The zero-order valence-electron chi connectivity index (χ0n) is 20.1. The molecule has 37 heavy (non-hydrogen) atoms. The van der Waals surface area contributed by atoms with Crippen molar-refractivity contribution < 1.29 is 32.2 Å². The predicted octanol–water partition coefficient (Wildman–Crippen LogP) is 6.42. The molecule has 2 saturated carbocycles. The largest absolute Gasteiger partial charge is 0.573 e. The molecule has 5 rings (SSSR count). The molecule has 196 valence electrons. The lowest BCUT2D eigenvalue weighted by atomic mass is 9.85. The van der Waals surface area contributed by atoms with Gasteiger partial charge in [-0.3, -0.25) is 9.59 Å². The topological polar surface area (TPSA) is 77.5 Å². The van der Waals surface area contributed by atoms with Crippen LogP contribution in [0.3, 0.4) is 0 Å². The van der Waals surface area contributed by atoms with E-state index in [-0.39, 0.29) is 23.8 Å². The van der Waals surface area contributed by atoms with Crippen molar-refractivity contribution in [2.45, 2.75) is 69.9 Å². The summed E-state index contributed by atoms with van der Waals surface area (Å²) >= 11 is 1.26. The van der Waals surface area contributed by atoms with E-state index in [2.05, 4.69) is 10.1 Å². The number of fused-ring (bicyclic) bond motifs is 1. The lowest BCUT2D eigenvalue weighted by Gasteiger charge is -2.33. The van der Waals surface area contributed by atoms with Crippen LogP contribution < -0.4 is 10.1 Å². The Morgan fingerprint density at radius 1 is 1.08 bits per heavy atom. The Labute approximate surface area is 216 Å². The summed E-state index contributed by atoms with van der Waals surface area (Å²) in [5.74, 6) is -0.102. The number of hydrogen-bond acceptors (Lipinski definition) is 6. The minimum Gasteiger partial charge on any atom is -0.464 e. The molecule has 10 heteroatoms. The highest BCUT2D eigenvalue weighted by molar-refractivity contribution is 7.17. The van der Waals surface area contributed by atoms with Crippen molar-refractivity contribution in [3.63, 3.8) is 0 Å². The summed E-state index contributed by atoms with van der Waals surface area (Å²) in [4.78, 5) is 29.1. The molecule has 2 aromatic carbocycles. The highest BCUT2D eigenvalue weighted by Crippen LogP contribution is 2.41. The Morgan fingerprint density at radius 3 is 2.51 bits per heavy atom. The summed E-state index contributed by atoms with van der Waals surface area (Å²) < 4.78 is 48.2. The first-order valence-corrected chi connectivity index (χ1v) is 13.3. The summed E-state index contributed by atoms with van der Waals surface area (Å²) in [6.45, 7) is 0.419.